The number of benzene rings is 1. The molecule has 0 aliphatic rings. The summed E-state index contributed by atoms with van der Waals surface area (Å²) >= 11 is 5.95. The van der Waals surface area contributed by atoms with Gasteiger partial charge in [0.2, 0.25) is 5.88 Å². The van der Waals surface area contributed by atoms with Gasteiger partial charge in [-0.05, 0) is 12.1 Å². The molecule has 2 aromatic rings. The molecule has 1 heterocycles. The Morgan fingerprint density at radius 3 is 3.14 bits per heavy atom. The van der Waals surface area contributed by atoms with Gasteiger partial charge in [0.15, 0.2) is 0 Å². The van der Waals surface area contributed by atoms with E-state index >= 15 is 0 Å². The van der Waals surface area contributed by atoms with E-state index in [1.54, 1.807) is 6.07 Å². The number of para-hydroxylation sites is 1. The van der Waals surface area contributed by atoms with Crippen molar-refractivity contribution >= 4 is 22.5 Å². The van der Waals surface area contributed by atoms with E-state index in [0.29, 0.717) is 24.1 Å². The first kappa shape index (κ1) is 9.30. The lowest BCUT2D eigenvalue weighted by Gasteiger charge is -1.99. The zero-order valence-electron chi connectivity index (χ0n) is 7.46. The quantitative estimate of drug-likeness (QED) is 0.810. The molecule has 14 heavy (non-hydrogen) atoms. The Morgan fingerprint density at radius 1 is 1.50 bits per heavy atom. The zero-order valence-corrected chi connectivity index (χ0v) is 8.21. The fourth-order valence-corrected chi connectivity index (χ4v) is 1.47. The van der Waals surface area contributed by atoms with Crippen LogP contribution in [0.15, 0.2) is 18.2 Å². The Balaban J connectivity index is 2.42. The average Bonchev–Trinajstić information content (AvgIpc) is 2.60. The maximum absolute atomic E-state index is 5.95. The molecule has 0 aliphatic heterocycles. The summed E-state index contributed by atoms with van der Waals surface area (Å²) in [4.78, 5) is 0. The largest absolute Gasteiger partial charge is 0.475 e. The van der Waals surface area contributed by atoms with E-state index in [-0.39, 0.29) is 0 Å². The first-order valence-corrected chi connectivity index (χ1v) is 4.66. The van der Waals surface area contributed by atoms with Gasteiger partial charge in [0, 0.05) is 6.54 Å². The molecule has 1 aromatic carbocycles. The smallest absolute Gasteiger partial charge is 0.240 e. The average molecular weight is 212 g/mol. The van der Waals surface area contributed by atoms with Crippen molar-refractivity contribution in [3.63, 3.8) is 0 Å². The van der Waals surface area contributed by atoms with E-state index in [1.807, 2.05) is 12.1 Å². The van der Waals surface area contributed by atoms with Crippen LogP contribution in [0.5, 0.6) is 5.88 Å². The third-order valence-electron chi connectivity index (χ3n) is 1.87. The molecular weight excluding hydrogens is 202 g/mol. The van der Waals surface area contributed by atoms with E-state index in [1.165, 1.54) is 0 Å². The summed E-state index contributed by atoms with van der Waals surface area (Å²) in [6.45, 7) is 0.918. The number of nitrogens with two attached hydrogens (primary N) is 1. The molecule has 0 fully saturated rings. The summed E-state index contributed by atoms with van der Waals surface area (Å²) in [6.07, 6.45) is 0. The highest BCUT2D eigenvalue weighted by molar-refractivity contribution is 6.35. The first-order chi connectivity index (χ1) is 6.83. The minimum absolute atomic E-state index is 0.451. The molecule has 0 radical (unpaired) electrons. The predicted octanol–water partition coefficient (Wildman–Crippen LogP) is 1.55. The van der Waals surface area contributed by atoms with Crippen LogP contribution < -0.4 is 10.5 Å². The Labute approximate surface area is 86.0 Å². The van der Waals surface area contributed by atoms with Crippen molar-refractivity contribution in [1.82, 2.24) is 10.2 Å². The molecule has 0 amide bonds. The van der Waals surface area contributed by atoms with Gasteiger partial charge in [0.05, 0.1) is 15.9 Å². The molecule has 0 aliphatic carbocycles. The topological polar surface area (TPSA) is 63.9 Å². The van der Waals surface area contributed by atoms with Gasteiger partial charge in [-0.15, -0.1) is 5.10 Å². The molecule has 2 rings (SSSR count). The fraction of sp³-hybridized carbons (Fsp3) is 0.222. The third kappa shape index (κ3) is 1.54. The minimum atomic E-state index is 0.451. The van der Waals surface area contributed by atoms with Crippen molar-refractivity contribution < 1.29 is 4.74 Å². The van der Waals surface area contributed by atoms with E-state index in [9.17, 15) is 0 Å². The van der Waals surface area contributed by atoms with Crippen LogP contribution in [0.25, 0.3) is 10.9 Å². The Hall–Kier alpha value is -1.26. The Morgan fingerprint density at radius 2 is 2.36 bits per heavy atom. The van der Waals surface area contributed by atoms with E-state index < -0.39 is 0 Å². The van der Waals surface area contributed by atoms with Crippen LogP contribution in [0.4, 0.5) is 0 Å². The standard InChI is InChI=1S/C9H10ClN3O/c10-7-3-1-2-6-8(7)12-13-9(6)14-5-4-11/h1-3H,4-5,11H2,(H,12,13). The number of halogens is 1. The molecular formula is C9H10ClN3O. The van der Waals surface area contributed by atoms with E-state index in [4.69, 9.17) is 22.1 Å². The number of aromatic nitrogens is 2. The van der Waals surface area contributed by atoms with Gasteiger partial charge in [-0.25, -0.2) is 0 Å². The number of aromatic amines is 1. The summed E-state index contributed by atoms with van der Waals surface area (Å²) in [6, 6.07) is 5.56. The van der Waals surface area contributed by atoms with Gasteiger partial charge < -0.3 is 10.5 Å². The highest BCUT2D eigenvalue weighted by atomic mass is 35.5. The number of rotatable bonds is 3. The number of nitrogens with one attached hydrogen (secondary N) is 1. The number of hydrogen-bond acceptors (Lipinski definition) is 3. The number of hydrogen-bond donors (Lipinski definition) is 2. The predicted molar refractivity (Wildman–Crippen MR) is 55.7 cm³/mol. The van der Waals surface area contributed by atoms with Gasteiger partial charge in [0.1, 0.15) is 6.61 Å². The summed E-state index contributed by atoms with van der Waals surface area (Å²) < 4.78 is 5.34. The van der Waals surface area contributed by atoms with Gasteiger partial charge in [0.25, 0.3) is 0 Å². The second-order valence-corrected chi connectivity index (χ2v) is 3.24. The van der Waals surface area contributed by atoms with Gasteiger partial charge >= 0.3 is 0 Å². The SMILES string of the molecule is NCCOc1n[nH]c2c(Cl)cccc12. The molecule has 0 saturated heterocycles. The van der Waals surface area contributed by atoms with E-state index in [0.717, 1.165) is 10.9 Å². The normalized spacial score (nSPS) is 10.7. The van der Waals surface area contributed by atoms with Crippen molar-refractivity contribution in [3.8, 4) is 5.88 Å². The van der Waals surface area contributed by atoms with Crippen molar-refractivity contribution in [2.24, 2.45) is 5.73 Å². The van der Waals surface area contributed by atoms with Crippen LogP contribution in [0.2, 0.25) is 5.02 Å². The number of H-pyrrole nitrogens is 1. The van der Waals surface area contributed by atoms with Crippen LogP contribution in [-0.2, 0) is 0 Å². The van der Waals surface area contributed by atoms with Gasteiger partial charge in [-0.3, -0.25) is 5.10 Å². The molecule has 3 N–H and O–H groups in total. The zero-order chi connectivity index (χ0) is 9.97. The fourth-order valence-electron chi connectivity index (χ4n) is 1.25. The third-order valence-corrected chi connectivity index (χ3v) is 2.18. The molecule has 4 nitrogen and oxygen atoms in total. The number of fused-ring (bicyclic) bond motifs is 1. The van der Waals surface area contributed by atoms with E-state index in [2.05, 4.69) is 10.2 Å². The Kier molecular flexibility index (Phi) is 2.56. The minimum Gasteiger partial charge on any atom is -0.475 e. The molecule has 0 saturated carbocycles. The van der Waals surface area contributed by atoms with Crippen LogP contribution in [0.3, 0.4) is 0 Å². The Bertz CT molecular complexity index is 441. The van der Waals surface area contributed by atoms with Crippen LogP contribution in [-0.4, -0.2) is 23.3 Å². The van der Waals surface area contributed by atoms with Crippen molar-refractivity contribution in [3.05, 3.63) is 23.2 Å². The van der Waals surface area contributed by atoms with Gasteiger partial charge in [-0.2, -0.15) is 0 Å². The van der Waals surface area contributed by atoms with Crippen LogP contribution in [0, 0.1) is 0 Å². The van der Waals surface area contributed by atoms with Gasteiger partial charge in [-0.1, -0.05) is 17.7 Å². The highest BCUT2D eigenvalue weighted by Crippen LogP contribution is 2.27. The molecule has 0 bridgehead atoms. The number of nitrogens with zero attached hydrogens (tertiary/aromatic N) is 1. The molecule has 0 atom stereocenters. The van der Waals surface area contributed by atoms with Crippen molar-refractivity contribution in [1.29, 1.82) is 0 Å². The van der Waals surface area contributed by atoms with Crippen LogP contribution >= 0.6 is 11.6 Å². The van der Waals surface area contributed by atoms with Crippen LogP contribution in [0.1, 0.15) is 0 Å². The summed E-state index contributed by atoms with van der Waals surface area (Å²) in [5.74, 6) is 0.549. The lowest BCUT2D eigenvalue weighted by molar-refractivity contribution is 0.318. The second kappa shape index (κ2) is 3.86. The molecule has 0 unspecified atom stereocenters. The highest BCUT2D eigenvalue weighted by Gasteiger charge is 2.07. The number of ether oxygens (including phenoxy) is 1. The summed E-state index contributed by atoms with van der Waals surface area (Å²) in [5, 5.41) is 8.34. The molecule has 74 valence electrons. The second-order valence-electron chi connectivity index (χ2n) is 2.83. The summed E-state index contributed by atoms with van der Waals surface area (Å²) in [5.41, 5.74) is 6.12. The van der Waals surface area contributed by atoms with Crippen molar-refractivity contribution in [2.45, 2.75) is 0 Å². The lowest BCUT2D eigenvalue weighted by atomic mass is 10.2. The van der Waals surface area contributed by atoms with Crippen molar-refractivity contribution in [2.75, 3.05) is 13.2 Å². The molecule has 5 heteroatoms. The maximum atomic E-state index is 5.95. The molecule has 1 aromatic heterocycles. The first-order valence-electron chi connectivity index (χ1n) is 4.28. The summed E-state index contributed by atoms with van der Waals surface area (Å²) in [7, 11) is 0. The lowest BCUT2D eigenvalue weighted by Crippen LogP contribution is -2.10. The molecule has 0 spiro atoms. The maximum Gasteiger partial charge on any atom is 0.240 e. The monoisotopic (exact) mass is 211 g/mol.